The Morgan fingerprint density at radius 1 is 1.25 bits per heavy atom. The summed E-state index contributed by atoms with van der Waals surface area (Å²) in [5, 5.41) is 0.734. The van der Waals surface area contributed by atoms with Gasteiger partial charge >= 0.3 is 0 Å². The van der Waals surface area contributed by atoms with Crippen LogP contribution >= 0.6 is 39.3 Å². The molecule has 0 aliphatic rings. The van der Waals surface area contributed by atoms with Crippen LogP contribution in [0.5, 0.6) is 0 Å². The first-order chi connectivity index (χ1) is 9.54. The third kappa shape index (κ3) is 4.77. The van der Waals surface area contributed by atoms with E-state index >= 15 is 0 Å². The molecular formula is C15H14BrClFNS. The van der Waals surface area contributed by atoms with Gasteiger partial charge in [0.25, 0.3) is 0 Å². The smallest absolute Gasteiger partial charge is 0.124 e. The maximum Gasteiger partial charge on any atom is 0.124 e. The van der Waals surface area contributed by atoms with Crippen LogP contribution in [0.4, 0.5) is 4.39 Å². The predicted octanol–water partition coefficient (Wildman–Crippen LogP) is 4.90. The summed E-state index contributed by atoms with van der Waals surface area (Å²) in [6.45, 7) is 0. The van der Waals surface area contributed by atoms with Crippen molar-refractivity contribution >= 4 is 39.3 Å². The van der Waals surface area contributed by atoms with Crippen LogP contribution in [-0.2, 0) is 6.42 Å². The summed E-state index contributed by atoms with van der Waals surface area (Å²) >= 11 is 11.0. The summed E-state index contributed by atoms with van der Waals surface area (Å²) in [6, 6.07) is 12.5. The molecule has 20 heavy (non-hydrogen) atoms. The van der Waals surface area contributed by atoms with Crippen LogP contribution < -0.4 is 5.73 Å². The second-order valence-corrected chi connectivity index (χ2v) is 6.87. The molecule has 0 heterocycles. The molecule has 1 atom stereocenters. The molecule has 2 aromatic carbocycles. The molecule has 0 aromatic heterocycles. The van der Waals surface area contributed by atoms with E-state index in [4.69, 9.17) is 17.3 Å². The van der Waals surface area contributed by atoms with Crippen molar-refractivity contribution in [1.29, 1.82) is 0 Å². The molecule has 0 spiro atoms. The van der Waals surface area contributed by atoms with Crippen LogP contribution in [-0.4, -0.2) is 11.8 Å². The van der Waals surface area contributed by atoms with Gasteiger partial charge < -0.3 is 5.73 Å². The number of benzene rings is 2. The minimum absolute atomic E-state index is 0.0510. The van der Waals surface area contributed by atoms with Crippen molar-refractivity contribution in [3.63, 3.8) is 0 Å². The third-order valence-corrected chi connectivity index (χ3v) is 4.87. The van der Waals surface area contributed by atoms with E-state index in [2.05, 4.69) is 15.9 Å². The van der Waals surface area contributed by atoms with Crippen LogP contribution in [0.3, 0.4) is 0 Å². The highest BCUT2D eigenvalue weighted by molar-refractivity contribution is 9.10. The Bertz CT molecular complexity index is 574. The lowest BCUT2D eigenvalue weighted by molar-refractivity contribution is 0.622. The highest BCUT2D eigenvalue weighted by atomic mass is 79.9. The van der Waals surface area contributed by atoms with Gasteiger partial charge in [-0.2, -0.15) is 0 Å². The first-order valence-electron chi connectivity index (χ1n) is 6.12. The van der Waals surface area contributed by atoms with Gasteiger partial charge in [0, 0.05) is 21.2 Å². The van der Waals surface area contributed by atoms with Crippen molar-refractivity contribution in [2.24, 2.45) is 5.73 Å². The van der Waals surface area contributed by atoms with Crippen molar-refractivity contribution in [3.8, 4) is 0 Å². The molecule has 2 rings (SSSR count). The van der Waals surface area contributed by atoms with Gasteiger partial charge in [-0.05, 0) is 42.3 Å². The number of nitrogens with two attached hydrogens (primary N) is 1. The maximum atomic E-state index is 13.3. The molecule has 0 radical (unpaired) electrons. The first kappa shape index (κ1) is 15.8. The summed E-state index contributed by atoms with van der Waals surface area (Å²) in [4.78, 5) is 1.02. The van der Waals surface area contributed by atoms with Crippen LogP contribution in [0.2, 0.25) is 5.02 Å². The zero-order chi connectivity index (χ0) is 14.5. The van der Waals surface area contributed by atoms with E-state index in [9.17, 15) is 4.39 Å². The topological polar surface area (TPSA) is 26.0 Å². The fourth-order valence-electron chi connectivity index (χ4n) is 1.85. The second kappa shape index (κ2) is 7.46. The molecule has 2 aromatic rings. The Kier molecular flexibility index (Phi) is 5.90. The zero-order valence-corrected chi connectivity index (χ0v) is 13.8. The van der Waals surface area contributed by atoms with Crippen molar-refractivity contribution in [2.75, 3.05) is 5.75 Å². The van der Waals surface area contributed by atoms with E-state index in [0.717, 1.165) is 25.7 Å². The average Bonchev–Trinajstić information content (AvgIpc) is 2.36. The van der Waals surface area contributed by atoms with Gasteiger partial charge in [-0.15, -0.1) is 11.8 Å². The van der Waals surface area contributed by atoms with Gasteiger partial charge in [-0.25, -0.2) is 4.39 Å². The molecule has 5 heteroatoms. The summed E-state index contributed by atoms with van der Waals surface area (Å²) < 4.78 is 14.0. The second-order valence-electron chi connectivity index (χ2n) is 4.48. The fourth-order valence-corrected chi connectivity index (χ4v) is 3.55. The van der Waals surface area contributed by atoms with Crippen molar-refractivity contribution in [3.05, 3.63) is 63.3 Å². The fraction of sp³-hybridized carbons (Fsp3) is 0.200. The quantitative estimate of drug-likeness (QED) is 0.753. The third-order valence-electron chi connectivity index (χ3n) is 2.71. The van der Waals surface area contributed by atoms with E-state index in [1.165, 1.54) is 12.1 Å². The standard InChI is InChI=1S/C15H14BrClFNS/c16-11-5-10(6-12(18)8-11)7-13(19)9-20-15-4-2-1-3-14(15)17/h1-6,8,13H,7,9,19H2. The largest absolute Gasteiger partial charge is 0.327 e. The van der Waals surface area contributed by atoms with Gasteiger partial charge in [-0.3, -0.25) is 0 Å². The first-order valence-corrected chi connectivity index (χ1v) is 8.28. The van der Waals surface area contributed by atoms with E-state index < -0.39 is 0 Å². The van der Waals surface area contributed by atoms with Crippen LogP contribution in [0.1, 0.15) is 5.56 Å². The van der Waals surface area contributed by atoms with Crippen molar-refractivity contribution < 1.29 is 4.39 Å². The number of hydrogen-bond acceptors (Lipinski definition) is 2. The van der Waals surface area contributed by atoms with Crippen molar-refractivity contribution in [2.45, 2.75) is 17.4 Å². The van der Waals surface area contributed by atoms with Gasteiger partial charge in [0.05, 0.1) is 5.02 Å². The van der Waals surface area contributed by atoms with Crippen LogP contribution in [0, 0.1) is 5.82 Å². The Balaban J connectivity index is 1.92. The number of rotatable bonds is 5. The molecule has 2 N–H and O–H groups in total. The highest BCUT2D eigenvalue weighted by Crippen LogP contribution is 2.27. The summed E-state index contributed by atoms with van der Waals surface area (Å²) in [5.41, 5.74) is 6.99. The van der Waals surface area contributed by atoms with Gasteiger partial charge in [-0.1, -0.05) is 39.7 Å². The molecule has 0 aliphatic carbocycles. The summed E-state index contributed by atoms with van der Waals surface area (Å²) in [7, 11) is 0. The monoisotopic (exact) mass is 373 g/mol. The molecule has 1 unspecified atom stereocenters. The molecule has 0 amide bonds. The Hall–Kier alpha value is -0.550. The maximum absolute atomic E-state index is 13.3. The van der Waals surface area contributed by atoms with E-state index in [0.29, 0.717) is 6.42 Å². The Morgan fingerprint density at radius 2 is 2.00 bits per heavy atom. The van der Waals surface area contributed by atoms with E-state index in [1.807, 2.05) is 30.3 Å². The highest BCUT2D eigenvalue weighted by Gasteiger charge is 2.08. The normalized spacial score (nSPS) is 12.4. The summed E-state index contributed by atoms with van der Waals surface area (Å²) in [6.07, 6.45) is 0.633. The average molecular weight is 375 g/mol. The molecular weight excluding hydrogens is 361 g/mol. The van der Waals surface area contributed by atoms with Crippen molar-refractivity contribution in [1.82, 2.24) is 0 Å². The zero-order valence-electron chi connectivity index (χ0n) is 10.7. The lowest BCUT2D eigenvalue weighted by atomic mass is 10.1. The molecule has 0 bridgehead atoms. The van der Waals surface area contributed by atoms with Gasteiger partial charge in [0.1, 0.15) is 5.82 Å². The van der Waals surface area contributed by atoms with E-state index in [1.54, 1.807) is 11.8 Å². The predicted molar refractivity (Wildman–Crippen MR) is 88.0 cm³/mol. The lowest BCUT2D eigenvalue weighted by Crippen LogP contribution is -2.25. The summed E-state index contributed by atoms with van der Waals surface area (Å²) in [5.74, 6) is 0.484. The molecule has 106 valence electrons. The number of hydrogen-bond donors (Lipinski definition) is 1. The molecule has 1 nitrogen and oxygen atoms in total. The van der Waals surface area contributed by atoms with Gasteiger partial charge in [0.15, 0.2) is 0 Å². The molecule has 0 fully saturated rings. The molecule has 0 aliphatic heterocycles. The van der Waals surface area contributed by atoms with Crippen LogP contribution in [0.25, 0.3) is 0 Å². The van der Waals surface area contributed by atoms with E-state index in [-0.39, 0.29) is 11.9 Å². The molecule has 0 saturated carbocycles. The van der Waals surface area contributed by atoms with Crippen LogP contribution in [0.15, 0.2) is 51.8 Å². The SMILES string of the molecule is NC(CSc1ccccc1Cl)Cc1cc(F)cc(Br)c1. The van der Waals surface area contributed by atoms with Gasteiger partial charge in [0.2, 0.25) is 0 Å². The Labute approximate surface area is 135 Å². The lowest BCUT2D eigenvalue weighted by Gasteiger charge is -2.12. The number of halogens is 3. The molecule has 0 saturated heterocycles. The Morgan fingerprint density at radius 3 is 2.70 bits per heavy atom. The minimum atomic E-state index is -0.250. The minimum Gasteiger partial charge on any atom is -0.327 e. The number of thioether (sulfide) groups is 1.